The summed E-state index contributed by atoms with van der Waals surface area (Å²) in [4.78, 5) is 34.7. The molecule has 0 spiro atoms. The summed E-state index contributed by atoms with van der Waals surface area (Å²) >= 11 is 0. The molecule has 1 aromatic rings. The maximum atomic E-state index is 12.6. The van der Waals surface area contributed by atoms with E-state index < -0.39 is 0 Å². The Morgan fingerprint density at radius 1 is 1.07 bits per heavy atom. The van der Waals surface area contributed by atoms with E-state index in [1.165, 1.54) is 0 Å². The number of aromatic nitrogens is 1. The predicted octanol–water partition coefficient (Wildman–Crippen LogP) is 1.89. The third-order valence-electron chi connectivity index (χ3n) is 5.48. The number of piperidine rings is 1. The molecule has 0 saturated carbocycles. The van der Waals surface area contributed by atoms with E-state index in [1.807, 2.05) is 17.9 Å². The Kier molecular flexibility index (Phi) is 7.08. The zero-order valence-corrected chi connectivity index (χ0v) is 16.9. The number of carbonyl (C=O) groups is 2. The first-order valence-corrected chi connectivity index (χ1v) is 10.3. The minimum absolute atomic E-state index is 0.00467. The molecular formula is C20H31N5O3. The molecule has 154 valence electrons. The smallest absolute Gasteiger partial charge is 0.409 e. The molecular weight excluding hydrogens is 358 g/mol. The van der Waals surface area contributed by atoms with Crippen LogP contribution in [0.4, 0.5) is 10.5 Å². The van der Waals surface area contributed by atoms with E-state index in [4.69, 9.17) is 4.74 Å². The number of likely N-dealkylation sites (N-methyl/N-ethyl adjacent to an activating group) is 1. The Bertz CT molecular complexity index is 650. The number of ether oxygens (including phenoxy) is 1. The van der Waals surface area contributed by atoms with Crippen molar-refractivity contribution in [1.82, 2.24) is 19.7 Å². The number of nitrogens with zero attached hydrogens (tertiary/aromatic N) is 4. The number of carbonyl (C=O) groups excluding carboxylic acids is 2. The molecule has 0 aromatic carbocycles. The van der Waals surface area contributed by atoms with Gasteiger partial charge in [-0.1, -0.05) is 6.92 Å². The number of nitrogens with one attached hydrogen (secondary N) is 1. The van der Waals surface area contributed by atoms with Crippen molar-refractivity contribution < 1.29 is 14.3 Å². The van der Waals surface area contributed by atoms with E-state index in [2.05, 4.69) is 22.1 Å². The van der Waals surface area contributed by atoms with Gasteiger partial charge in [0.2, 0.25) is 0 Å². The molecule has 2 amide bonds. The second-order valence-corrected chi connectivity index (χ2v) is 7.26. The monoisotopic (exact) mass is 389 g/mol. The van der Waals surface area contributed by atoms with Gasteiger partial charge < -0.3 is 24.8 Å². The summed E-state index contributed by atoms with van der Waals surface area (Å²) in [5.41, 5.74) is 1.40. The van der Waals surface area contributed by atoms with E-state index in [-0.39, 0.29) is 18.0 Å². The molecule has 8 nitrogen and oxygen atoms in total. The molecule has 2 fully saturated rings. The molecule has 1 aromatic heterocycles. The van der Waals surface area contributed by atoms with Gasteiger partial charge >= 0.3 is 6.09 Å². The quantitative estimate of drug-likeness (QED) is 0.829. The van der Waals surface area contributed by atoms with Crippen LogP contribution >= 0.6 is 0 Å². The van der Waals surface area contributed by atoms with Gasteiger partial charge in [-0.3, -0.25) is 4.79 Å². The lowest BCUT2D eigenvalue weighted by Crippen LogP contribution is -2.48. The van der Waals surface area contributed by atoms with Crippen LogP contribution in [0, 0.1) is 0 Å². The van der Waals surface area contributed by atoms with Gasteiger partial charge in [0.05, 0.1) is 18.5 Å². The van der Waals surface area contributed by atoms with Crippen LogP contribution < -0.4 is 5.32 Å². The minimum Gasteiger partial charge on any atom is -0.450 e. The lowest BCUT2D eigenvalue weighted by atomic mass is 10.1. The topological polar surface area (TPSA) is 78.0 Å². The van der Waals surface area contributed by atoms with Crippen molar-refractivity contribution in [3.63, 3.8) is 0 Å². The molecule has 0 radical (unpaired) electrons. The Morgan fingerprint density at radius 3 is 2.36 bits per heavy atom. The molecule has 0 bridgehead atoms. The average Bonchev–Trinajstić information content (AvgIpc) is 2.74. The van der Waals surface area contributed by atoms with Crippen LogP contribution in [0.5, 0.6) is 0 Å². The first-order chi connectivity index (χ1) is 13.6. The molecule has 1 N–H and O–H groups in total. The lowest BCUT2D eigenvalue weighted by molar-refractivity contribution is 0.0637. The molecule has 2 aliphatic rings. The highest BCUT2D eigenvalue weighted by molar-refractivity contribution is 5.92. The van der Waals surface area contributed by atoms with Crippen molar-refractivity contribution >= 4 is 17.7 Å². The normalized spacial score (nSPS) is 18.8. The van der Waals surface area contributed by atoms with Crippen molar-refractivity contribution in [3.05, 3.63) is 24.0 Å². The van der Waals surface area contributed by atoms with Gasteiger partial charge in [0.1, 0.15) is 5.69 Å². The third-order valence-corrected chi connectivity index (χ3v) is 5.48. The average molecular weight is 390 g/mol. The fourth-order valence-electron chi connectivity index (χ4n) is 3.69. The van der Waals surface area contributed by atoms with Crippen molar-refractivity contribution in [2.24, 2.45) is 0 Å². The maximum Gasteiger partial charge on any atom is 0.409 e. The Hall–Kier alpha value is -2.35. The highest BCUT2D eigenvalue weighted by Crippen LogP contribution is 2.17. The van der Waals surface area contributed by atoms with Crippen LogP contribution in [-0.4, -0.2) is 90.1 Å². The molecule has 8 heteroatoms. The first kappa shape index (κ1) is 20.4. The van der Waals surface area contributed by atoms with Crippen LogP contribution in [0.1, 0.15) is 37.2 Å². The van der Waals surface area contributed by atoms with Crippen molar-refractivity contribution in [1.29, 1.82) is 0 Å². The van der Waals surface area contributed by atoms with E-state index in [1.54, 1.807) is 17.2 Å². The number of piperazine rings is 1. The van der Waals surface area contributed by atoms with Crippen molar-refractivity contribution in [3.8, 4) is 0 Å². The number of likely N-dealkylation sites (tertiary alicyclic amines) is 1. The number of hydrogen-bond donors (Lipinski definition) is 1. The summed E-state index contributed by atoms with van der Waals surface area (Å²) in [6, 6.07) is 4.00. The van der Waals surface area contributed by atoms with Gasteiger partial charge in [0.25, 0.3) is 5.91 Å². The fourth-order valence-corrected chi connectivity index (χ4v) is 3.69. The van der Waals surface area contributed by atoms with E-state index in [0.717, 1.165) is 51.3 Å². The molecule has 0 unspecified atom stereocenters. The fraction of sp³-hybridized carbons (Fsp3) is 0.650. The molecule has 28 heavy (non-hydrogen) atoms. The number of rotatable bonds is 5. The predicted molar refractivity (Wildman–Crippen MR) is 107 cm³/mol. The molecule has 2 aliphatic heterocycles. The highest BCUT2D eigenvalue weighted by atomic mass is 16.6. The molecule has 0 atom stereocenters. The van der Waals surface area contributed by atoms with Crippen LogP contribution in [0.15, 0.2) is 18.3 Å². The number of hydrogen-bond acceptors (Lipinski definition) is 6. The van der Waals surface area contributed by atoms with Gasteiger partial charge in [0.15, 0.2) is 0 Å². The van der Waals surface area contributed by atoms with Gasteiger partial charge in [-0.05, 0) is 38.4 Å². The zero-order valence-electron chi connectivity index (χ0n) is 16.9. The van der Waals surface area contributed by atoms with E-state index in [0.29, 0.717) is 25.4 Å². The standard InChI is InChI=1S/C20H31N5O3/c1-3-23-11-13-24(14-12-23)19(26)18-6-5-17(15-21-18)22-16-7-9-25(10-8-16)20(27)28-4-2/h5-6,15-16,22H,3-4,7-14H2,1-2H3. The second-order valence-electron chi connectivity index (χ2n) is 7.26. The Balaban J connectivity index is 1.47. The lowest BCUT2D eigenvalue weighted by Gasteiger charge is -2.34. The van der Waals surface area contributed by atoms with Crippen LogP contribution in [0.3, 0.4) is 0 Å². The molecule has 0 aliphatic carbocycles. The minimum atomic E-state index is -0.231. The van der Waals surface area contributed by atoms with Gasteiger partial charge in [-0.15, -0.1) is 0 Å². The summed E-state index contributed by atoms with van der Waals surface area (Å²) in [5.74, 6) is 0.00467. The van der Waals surface area contributed by atoms with Gasteiger partial charge in [0, 0.05) is 45.3 Å². The second kappa shape index (κ2) is 9.73. The van der Waals surface area contributed by atoms with Gasteiger partial charge in [-0.2, -0.15) is 0 Å². The number of amides is 2. The molecule has 3 rings (SSSR count). The summed E-state index contributed by atoms with van der Waals surface area (Å²) in [5, 5.41) is 3.46. The van der Waals surface area contributed by atoms with Crippen LogP contribution in [0.25, 0.3) is 0 Å². The van der Waals surface area contributed by atoms with Gasteiger partial charge in [-0.25, -0.2) is 9.78 Å². The molecule has 2 saturated heterocycles. The first-order valence-electron chi connectivity index (χ1n) is 10.3. The van der Waals surface area contributed by atoms with Crippen molar-refractivity contribution in [2.75, 3.05) is 57.7 Å². The Morgan fingerprint density at radius 2 is 1.79 bits per heavy atom. The van der Waals surface area contributed by atoms with E-state index >= 15 is 0 Å². The zero-order chi connectivity index (χ0) is 19.9. The molecule has 3 heterocycles. The van der Waals surface area contributed by atoms with Crippen LogP contribution in [-0.2, 0) is 4.74 Å². The summed E-state index contributed by atoms with van der Waals surface area (Å²) in [6.07, 6.45) is 3.22. The maximum absolute atomic E-state index is 12.6. The number of pyridine rings is 1. The summed E-state index contributed by atoms with van der Waals surface area (Å²) in [6.45, 7) is 10.1. The Labute approximate surface area is 166 Å². The number of anilines is 1. The third kappa shape index (κ3) is 5.13. The van der Waals surface area contributed by atoms with Crippen LogP contribution in [0.2, 0.25) is 0 Å². The SMILES string of the molecule is CCOC(=O)N1CCC(Nc2ccc(C(=O)N3CCN(CC)CC3)nc2)CC1. The van der Waals surface area contributed by atoms with Crippen molar-refractivity contribution in [2.45, 2.75) is 32.7 Å². The largest absolute Gasteiger partial charge is 0.450 e. The summed E-state index contributed by atoms with van der Waals surface area (Å²) < 4.78 is 5.05. The van der Waals surface area contributed by atoms with E-state index in [9.17, 15) is 9.59 Å². The highest BCUT2D eigenvalue weighted by Gasteiger charge is 2.24. The summed E-state index contributed by atoms with van der Waals surface area (Å²) in [7, 11) is 0.